The normalized spacial score (nSPS) is 8.56. The van der Waals surface area contributed by atoms with Gasteiger partial charge in [0.15, 0.2) is 0 Å². The molecule has 148 valence electrons. The first-order valence-electron chi connectivity index (χ1n) is 8.50. The predicted molar refractivity (Wildman–Crippen MR) is 146 cm³/mol. The van der Waals surface area contributed by atoms with Crippen LogP contribution in [0.3, 0.4) is 0 Å². The maximum atomic E-state index is 2.39. The molecule has 0 rings (SSSR count). The Morgan fingerprint density at radius 2 is 0.360 bits per heavy atom. The van der Waals surface area contributed by atoms with Crippen LogP contribution in [0.2, 0.25) is 105 Å². The fourth-order valence-electron chi connectivity index (χ4n) is 0. The van der Waals surface area contributed by atoms with E-state index < -0.39 is 0 Å². The summed E-state index contributed by atoms with van der Waals surface area (Å²) >= 11 is 4.00. The van der Waals surface area contributed by atoms with E-state index >= 15 is 0 Å². The zero-order valence-electron chi connectivity index (χ0n) is 20.5. The van der Waals surface area contributed by atoms with Crippen LogP contribution in [0.5, 0.6) is 0 Å². The van der Waals surface area contributed by atoms with Gasteiger partial charge in [0, 0.05) is 69.4 Å². The Morgan fingerprint density at radius 3 is 0.360 bits per heavy atom. The molecule has 14 radical (unpaired) electrons. The van der Waals surface area contributed by atoms with Crippen molar-refractivity contribution in [1.82, 2.24) is 0 Å². The second kappa shape index (κ2) is 41.3. The molecule has 0 fully saturated rings. The van der Waals surface area contributed by atoms with Crippen molar-refractivity contribution in [3.63, 3.8) is 0 Å². The average Bonchev–Trinajstić information content (AvgIpc) is 2.28. The monoisotopic (exact) mass is 630 g/mol. The van der Waals surface area contributed by atoms with Gasteiger partial charge < -0.3 is 0 Å². The van der Waals surface area contributed by atoms with Crippen LogP contribution in [0, 0.1) is 0 Å². The molecule has 9 heteroatoms. The standard InChI is InChI=1S/C4H12Si2.4C3H9Si.Ge2.Ge/c1-5(2)6(3)4;4*1-4(2)3;1-2;/h1-4H3;4*1-3H3;;. The Balaban J connectivity index is -0.0000000316. The van der Waals surface area contributed by atoms with E-state index in [0.717, 1.165) is 0 Å². The molecule has 0 aromatic carbocycles. The average molecular weight is 627 g/mol. The molecule has 0 saturated carbocycles. The van der Waals surface area contributed by atoms with Crippen molar-refractivity contribution in [2.24, 2.45) is 0 Å². The summed E-state index contributed by atoms with van der Waals surface area (Å²) in [5.41, 5.74) is 0. The SMILES string of the molecule is C[Si](C)C.C[Si](C)C.C[Si](C)C.C[Si](C)C.C[Si](C)[Si](C)C.[Ge].[Ge]=[Ge]. The number of hydrogen-bond acceptors (Lipinski definition) is 0. The van der Waals surface area contributed by atoms with Crippen molar-refractivity contribution < 1.29 is 0 Å². The van der Waals surface area contributed by atoms with Gasteiger partial charge in [0.05, 0.1) is 0 Å². The van der Waals surface area contributed by atoms with Crippen LogP contribution in [-0.2, 0) is 0 Å². The van der Waals surface area contributed by atoms with Crippen LogP contribution >= 0.6 is 0 Å². The van der Waals surface area contributed by atoms with E-state index in [1.807, 2.05) is 28.0 Å². The maximum absolute atomic E-state index is 2.39. The van der Waals surface area contributed by atoms with E-state index in [0.29, 0.717) is 0 Å². The molecule has 0 amide bonds. The Kier molecular flexibility index (Phi) is 76.4. The Labute approximate surface area is 200 Å². The van der Waals surface area contributed by atoms with Gasteiger partial charge in [-0.05, 0) is 0 Å². The van der Waals surface area contributed by atoms with Gasteiger partial charge in [-0.25, -0.2) is 0 Å². The quantitative estimate of drug-likeness (QED) is 0.318. The summed E-state index contributed by atoms with van der Waals surface area (Å²) in [5.74, 6) is 0. The molecule has 0 spiro atoms. The molecule has 0 atom stereocenters. The van der Waals surface area contributed by atoms with Crippen molar-refractivity contribution >= 4 is 97.4 Å². The predicted octanol–water partition coefficient (Wildman–Crippen LogP) is 5.91. The third-order valence-corrected chi connectivity index (χ3v) is 9.00. The van der Waals surface area contributed by atoms with E-state index in [9.17, 15) is 0 Å². The van der Waals surface area contributed by atoms with Crippen LogP contribution in [0.15, 0.2) is 0 Å². The summed E-state index contributed by atoms with van der Waals surface area (Å²) in [6.45, 7) is 36.8. The van der Waals surface area contributed by atoms with Crippen molar-refractivity contribution in [3.8, 4) is 0 Å². The Morgan fingerprint density at radius 1 is 0.320 bits per heavy atom. The first kappa shape index (κ1) is 46.2. The zero-order chi connectivity index (χ0) is 21.5. The summed E-state index contributed by atoms with van der Waals surface area (Å²) in [4.78, 5) is 0. The van der Waals surface area contributed by atoms with Gasteiger partial charge >= 0.3 is 28.0 Å². The number of hydrogen-bond donors (Lipinski definition) is 0. The van der Waals surface area contributed by atoms with Crippen LogP contribution in [0.1, 0.15) is 0 Å². The molecular formula is C16H48Ge3Si6. The van der Waals surface area contributed by atoms with Crippen molar-refractivity contribution in [2.45, 2.75) is 105 Å². The summed E-state index contributed by atoms with van der Waals surface area (Å²) in [7, 11) is 0.782. The van der Waals surface area contributed by atoms with Gasteiger partial charge in [0.25, 0.3) is 0 Å². The Bertz CT molecular complexity index is 140. The molecule has 0 aromatic rings. The molecule has 0 N–H and O–H groups in total. The fourth-order valence-corrected chi connectivity index (χ4v) is 0. The summed E-state index contributed by atoms with van der Waals surface area (Å²) < 4.78 is 0. The minimum absolute atomic E-state index is 0. The van der Waals surface area contributed by atoms with E-state index in [1.54, 1.807) is 0 Å². The second-order valence-corrected chi connectivity index (χ2v) is 30.0. The molecule has 25 heavy (non-hydrogen) atoms. The van der Waals surface area contributed by atoms with E-state index in [4.69, 9.17) is 0 Å². The van der Waals surface area contributed by atoms with E-state index in [2.05, 4.69) is 105 Å². The molecule has 0 aromatic heterocycles. The molecule has 0 aliphatic carbocycles. The summed E-state index contributed by atoms with van der Waals surface area (Å²) in [6.07, 6.45) is 0. The second-order valence-electron chi connectivity index (χ2n) is 8.00. The van der Waals surface area contributed by atoms with Crippen molar-refractivity contribution in [1.29, 1.82) is 0 Å². The Hall–Kier alpha value is 2.93. The molecule has 0 unspecified atom stereocenters. The molecular weight excluding hydrogens is 579 g/mol. The van der Waals surface area contributed by atoms with Gasteiger partial charge in [-0.1, -0.05) is 105 Å². The third-order valence-electron chi connectivity index (χ3n) is 1.00. The number of rotatable bonds is 1. The van der Waals surface area contributed by atoms with Gasteiger partial charge in [-0.2, -0.15) is 0 Å². The fraction of sp³-hybridized carbons (Fsp3) is 1.00. The van der Waals surface area contributed by atoms with Crippen molar-refractivity contribution in [3.05, 3.63) is 0 Å². The van der Waals surface area contributed by atoms with Crippen molar-refractivity contribution in [2.75, 3.05) is 0 Å². The van der Waals surface area contributed by atoms with Gasteiger partial charge in [-0.15, -0.1) is 0 Å². The first-order valence-corrected chi connectivity index (χ1v) is 33.0. The van der Waals surface area contributed by atoms with Gasteiger partial charge in [-0.3, -0.25) is 0 Å². The minimum atomic E-state index is 0. The molecule has 0 saturated heterocycles. The summed E-state index contributed by atoms with van der Waals surface area (Å²) in [5, 5.41) is 0. The molecule has 0 heterocycles. The molecule has 0 aliphatic heterocycles. The zero-order valence-corrected chi connectivity index (χ0v) is 32.8. The molecule has 0 bridgehead atoms. The van der Waals surface area contributed by atoms with Crippen LogP contribution < -0.4 is 0 Å². The van der Waals surface area contributed by atoms with Crippen LogP contribution in [0.4, 0.5) is 0 Å². The topological polar surface area (TPSA) is 0 Å². The van der Waals surface area contributed by atoms with Crippen LogP contribution in [-0.4, -0.2) is 97.4 Å². The van der Waals surface area contributed by atoms with E-state index in [-0.39, 0.29) is 69.4 Å². The molecule has 0 nitrogen and oxygen atoms in total. The molecule has 0 aliphatic rings. The van der Waals surface area contributed by atoms with Gasteiger partial charge in [0.1, 0.15) is 0 Å². The van der Waals surface area contributed by atoms with Crippen LogP contribution in [0.25, 0.3) is 0 Å². The van der Waals surface area contributed by atoms with Gasteiger partial charge in [0.2, 0.25) is 0 Å². The summed E-state index contributed by atoms with van der Waals surface area (Å²) in [6, 6.07) is 0. The third kappa shape index (κ3) is 349. The van der Waals surface area contributed by atoms with E-state index in [1.165, 1.54) is 0 Å². The first-order chi connectivity index (χ1) is 10.6.